The van der Waals surface area contributed by atoms with Crippen molar-refractivity contribution in [3.05, 3.63) is 53.9 Å². The van der Waals surface area contributed by atoms with E-state index >= 15 is 0 Å². The van der Waals surface area contributed by atoms with Crippen LogP contribution in [-0.2, 0) is 6.18 Å². The highest BCUT2D eigenvalue weighted by atomic mass is 19.4. The van der Waals surface area contributed by atoms with Crippen LogP contribution in [0.25, 0.3) is 0 Å². The smallest absolute Gasteiger partial charge is 0.322 e. The maximum absolute atomic E-state index is 12.8. The lowest BCUT2D eigenvalue weighted by atomic mass is 10.1. The first-order valence-corrected chi connectivity index (χ1v) is 6.08. The fourth-order valence-electron chi connectivity index (χ4n) is 1.76. The Kier molecular flexibility index (Phi) is 4.81. The van der Waals surface area contributed by atoms with Crippen LogP contribution in [0, 0.1) is 6.92 Å². The van der Waals surface area contributed by atoms with Crippen LogP contribution in [0.4, 0.5) is 18.9 Å². The summed E-state index contributed by atoms with van der Waals surface area (Å²) in [4.78, 5) is 1.68. The van der Waals surface area contributed by atoms with Gasteiger partial charge in [0.05, 0.1) is 5.56 Å². The Morgan fingerprint density at radius 3 is 2.42 bits per heavy atom. The van der Waals surface area contributed by atoms with Gasteiger partial charge in [0, 0.05) is 17.6 Å². The Labute approximate surface area is 112 Å². The monoisotopic (exact) mass is 269 g/mol. The molecule has 1 aromatic rings. The number of anilines is 1. The van der Waals surface area contributed by atoms with Gasteiger partial charge in [0.2, 0.25) is 0 Å². The first-order chi connectivity index (χ1) is 8.79. The largest absolute Gasteiger partial charge is 0.416 e. The number of aryl methyl sites for hydroxylation is 1. The summed E-state index contributed by atoms with van der Waals surface area (Å²) in [5.41, 5.74) is 1.17. The summed E-state index contributed by atoms with van der Waals surface area (Å²) in [6, 6.07) is 4.01. The summed E-state index contributed by atoms with van der Waals surface area (Å²) < 4.78 is 38.5. The summed E-state index contributed by atoms with van der Waals surface area (Å²) in [5, 5.41) is 0. The summed E-state index contributed by atoms with van der Waals surface area (Å²) >= 11 is 0. The molecule has 0 aliphatic heterocycles. The molecule has 0 aliphatic rings. The lowest BCUT2D eigenvalue weighted by molar-refractivity contribution is -0.137. The van der Waals surface area contributed by atoms with Gasteiger partial charge in [-0.05, 0) is 44.0 Å². The molecule has 19 heavy (non-hydrogen) atoms. The van der Waals surface area contributed by atoms with Gasteiger partial charge in [0.25, 0.3) is 0 Å². The maximum Gasteiger partial charge on any atom is 0.416 e. The van der Waals surface area contributed by atoms with Crippen LogP contribution >= 0.6 is 0 Å². The van der Waals surface area contributed by atoms with E-state index in [1.54, 1.807) is 30.2 Å². The van der Waals surface area contributed by atoms with Crippen LogP contribution in [0.2, 0.25) is 0 Å². The molecule has 104 valence electrons. The summed E-state index contributed by atoms with van der Waals surface area (Å²) in [7, 11) is 0. The molecule has 1 aromatic carbocycles. The summed E-state index contributed by atoms with van der Waals surface area (Å²) in [6.07, 6.45) is -0.174. The van der Waals surface area contributed by atoms with Crippen molar-refractivity contribution in [2.45, 2.75) is 33.4 Å². The molecule has 0 heterocycles. The predicted molar refractivity (Wildman–Crippen MR) is 72.9 cm³/mol. The van der Waals surface area contributed by atoms with Crippen LogP contribution in [0.15, 0.2) is 42.8 Å². The molecule has 4 heteroatoms. The second-order valence-corrected chi connectivity index (χ2v) is 4.33. The molecule has 0 spiro atoms. The van der Waals surface area contributed by atoms with Gasteiger partial charge < -0.3 is 4.90 Å². The number of rotatable bonds is 4. The van der Waals surface area contributed by atoms with Crippen molar-refractivity contribution in [2.24, 2.45) is 0 Å². The van der Waals surface area contributed by atoms with Crippen molar-refractivity contribution in [2.75, 3.05) is 4.90 Å². The van der Waals surface area contributed by atoms with Crippen molar-refractivity contribution in [1.82, 2.24) is 0 Å². The Balaban J connectivity index is 3.32. The molecule has 0 unspecified atom stereocenters. The van der Waals surface area contributed by atoms with Crippen LogP contribution in [0.5, 0.6) is 0 Å². The van der Waals surface area contributed by atoms with E-state index in [0.29, 0.717) is 17.7 Å². The van der Waals surface area contributed by atoms with Gasteiger partial charge in [-0.15, -0.1) is 0 Å². The van der Waals surface area contributed by atoms with Gasteiger partial charge in [-0.1, -0.05) is 19.6 Å². The quantitative estimate of drug-likeness (QED) is 0.719. The molecule has 0 aliphatic carbocycles. The van der Waals surface area contributed by atoms with E-state index in [1.807, 2.05) is 13.8 Å². The number of hydrogen-bond acceptors (Lipinski definition) is 1. The normalized spacial score (nSPS) is 11.9. The Morgan fingerprint density at radius 2 is 1.95 bits per heavy atom. The van der Waals surface area contributed by atoms with Gasteiger partial charge in [-0.25, -0.2) is 0 Å². The highest BCUT2D eigenvalue weighted by Gasteiger charge is 2.31. The fraction of sp³-hybridized carbons (Fsp3) is 0.333. The van der Waals surface area contributed by atoms with E-state index in [4.69, 9.17) is 0 Å². The van der Waals surface area contributed by atoms with E-state index in [0.717, 1.165) is 17.8 Å². The second kappa shape index (κ2) is 5.95. The zero-order valence-corrected chi connectivity index (χ0v) is 11.4. The first kappa shape index (κ1) is 15.3. The lowest BCUT2D eigenvalue weighted by Crippen LogP contribution is -2.15. The highest BCUT2D eigenvalue weighted by Crippen LogP contribution is 2.34. The molecule has 1 rings (SSSR count). The Morgan fingerprint density at radius 1 is 1.32 bits per heavy atom. The Hall–Kier alpha value is -1.71. The fourth-order valence-corrected chi connectivity index (χ4v) is 1.76. The molecule has 0 atom stereocenters. The molecular formula is C15H18F3N. The van der Waals surface area contributed by atoms with Gasteiger partial charge in [-0.2, -0.15) is 13.2 Å². The van der Waals surface area contributed by atoms with E-state index in [-0.39, 0.29) is 0 Å². The number of alkyl halides is 3. The number of halogens is 3. The highest BCUT2D eigenvalue weighted by molar-refractivity contribution is 5.58. The molecule has 0 bridgehead atoms. The van der Waals surface area contributed by atoms with Gasteiger partial charge in [0.15, 0.2) is 0 Å². The zero-order chi connectivity index (χ0) is 14.6. The van der Waals surface area contributed by atoms with Crippen LogP contribution in [-0.4, -0.2) is 0 Å². The topological polar surface area (TPSA) is 3.24 Å². The van der Waals surface area contributed by atoms with Crippen molar-refractivity contribution in [1.29, 1.82) is 0 Å². The van der Waals surface area contributed by atoms with Gasteiger partial charge in [0.1, 0.15) is 0 Å². The average Bonchev–Trinajstić information content (AvgIpc) is 2.33. The third kappa shape index (κ3) is 3.88. The van der Waals surface area contributed by atoms with Crippen LogP contribution < -0.4 is 4.90 Å². The van der Waals surface area contributed by atoms with Crippen LogP contribution in [0.3, 0.4) is 0 Å². The molecule has 0 aromatic heterocycles. The molecular weight excluding hydrogens is 251 g/mol. The van der Waals surface area contributed by atoms with Gasteiger partial charge >= 0.3 is 6.18 Å². The van der Waals surface area contributed by atoms with E-state index in [1.165, 1.54) is 0 Å². The average molecular weight is 269 g/mol. The van der Waals surface area contributed by atoms with Crippen molar-refractivity contribution in [3.63, 3.8) is 0 Å². The molecule has 0 radical (unpaired) electrons. The second-order valence-electron chi connectivity index (χ2n) is 4.33. The molecule has 0 amide bonds. The van der Waals surface area contributed by atoms with E-state index in [9.17, 15) is 13.2 Å². The maximum atomic E-state index is 12.8. The SMILES string of the molecule is C=C(CC)N(/C=C\C)c1cc(C)cc(C(F)(F)F)c1. The first-order valence-electron chi connectivity index (χ1n) is 6.08. The minimum atomic E-state index is -4.34. The third-order valence-electron chi connectivity index (χ3n) is 2.71. The third-order valence-corrected chi connectivity index (χ3v) is 2.71. The predicted octanol–water partition coefficient (Wildman–Crippen LogP) is 5.28. The summed E-state index contributed by atoms with van der Waals surface area (Å²) in [5.74, 6) is 0. The van der Waals surface area contributed by atoms with E-state index < -0.39 is 11.7 Å². The number of benzene rings is 1. The lowest BCUT2D eigenvalue weighted by Gasteiger charge is -2.23. The van der Waals surface area contributed by atoms with Crippen molar-refractivity contribution >= 4 is 5.69 Å². The van der Waals surface area contributed by atoms with Crippen molar-refractivity contribution in [3.8, 4) is 0 Å². The number of allylic oxidation sites excluding steroid dienone is 2. The molecule has 0 fully saturated rings. The Bertz CT molecular complexity index is 487. The number of hydrogen-bond donors (Lipinski definition) is 0. The standard InChI is InChI=1S/C15H18F3N/c1-5-7-19(12(4)6-2)14-9-11(3)8-13(10-14)15(16,17)18/h5,7-10H,4,6H2,1-3H3/b7-5-. The zero-order valence-electron chi connectivity index (χ0n) is 11.4. The van der Waals surface area contributed by atoms with E-state index in [2.05, 4.69) is 6.58 Å². The van der Waals surface area contributed by atoms with Crippen LogP contribution in [0.1, 0.15) is 31.4 Å². The number of nitrogens with zero attached hydrogens (tertiary/aromatic N) is 1. The molecule has 0 saturated carbocycles. The van der Waals surface area contributed by atoms with Gasteiger partial charge in [-0.3, -0.25) is 0 Å². The van der Waals surface area contributed by atoms with Crippen molar-refractivity contribution < 1.29 is 13.2 Å². The molecule has 0 N–H and O–H groups in total. The summed E-state index contributed by atoms with van der Waals surface area (Å²) in [6.45, 7) is 9.27. The minimum Gasteiger partial charge on any atom is -0.322 e. The molecule has 1 nitrogen and oxygen atoms in total. The minimum absolute atomic E-state index is 0.484. The molecule has 0 saturated heterocycles.